The molecule has 0 unspecified atom stereocenters. The summed E-state index contributed by atoms with van der Waals surface area (Å²) in [6.07, 6.45) is 2.21. The molecule has 1 aliphatic heterocycles. The van der Waals surface area contributed by atoms with Gasteiger partial charge in [-0.05, 0) is 30.5 Å². The van der Waals surface area contributed by atoms with Crippen molar-refractivity contribution < 1.29 is 9.90 Å². The summed E-state index contributed by atoms with van der Waals surface area (Å²) in [5.41, 5.74) is 1.48. The highest BCUT2D eigenvalue weighted by Gasteiger charge is 2.19. The Morgan fingerprint density at radius 2 is 2.07 bits per heavy atom. The molecule has 1 aliphatic rings. The number of carbonyl (C=O) groups excluding carboxylic acids is 1. The summed E-state index contributed by atoms with van der Waals surface area (Å²) in [6.45, 7) is 1.71. The van der Waals surface area contributed by atoms with E-state index in [0.29, 0.717) is 5.56 Å². The number of carbonyl (C=O) groups is 1. The van der Waals surface area contributed by atoms with Gasteiger partial charge >= 0.3 is 0 Å². The lowest BCUT2D eigenvalue weighted by molar-refractivity contribution is 0.0792. The lowest BCUT2D eigenvalue weighted by Gasteiger charge is -2.15. The van der Waals surface area contributed by atoms with Crippen molar-refractivity contribution in [1.29, 1.82) is 0 Å². The third-order valence-electron chi connectivity index (χ3n) is 2.75. The molecule has 0 spiro atoms. The molecular formula is C12H15NO2. The predicted octanol–water partition coefficient (Wildman–Crippen LogP) is 1.41. The van der Waals surface area contributed by atoms with Gasteiger partial charge in [-0.25, -0.2) is 0 Å². The number of aliphatic hydroxyl groups is 1. The Hall–Kier alpha value is -1.35. The summed E-state index contributed by atoms with van der Waals surface area (Å²) < 4.78 is 0. The monoisotopic (exact) mass is 205 g/mol. The molecule has 0 aliphatic carbocycles. The summed E-state index contributed by atoms with van der Waals surface area (Å²) in [5.74, 6) is 0.0859. The van der Waals surface area contributed by atoms with Crippen LogP contribution in [0.2, 0.25) is 0 Å². The van der Waals surface area contributed by atoms with Crippen molar-refractivity contribution >= 4 is 5.91 Å². The van der Waals surface area contributed by atoms with Crippen molar-refractivity contribution in [3.05, 3.63) is 35.4 Å². The average Bonchev–Trinajstić information content (AvgIpc) is 2.81. The molecular weight excluding hydrogens is 190 g/mol. The van der Waals surface area contributed by atoms with Crippen LogP contribution in [0.3, 0.4) is 0 Å². The summed E-state index contributed by atoms with van der Waals surface area (Å²) in [7, 11) is 0. The molecule has 0 saturated carbocycles. The largest absolute Gasteiger partial charge is 0.392 e. The molecule has 1 aromatic carbocycles. The molecule has 2 rings (SSSR count). The number of rotatable bonds is 2. The highest BCUT2D eigenvalue weighted by Crippen LogP contribution is 2.13. The topological polar surface area (TPSA) is 40.5 Å². The number of likely N-dealkylation sites (tertiary alicyclic amines) is 1. The van der Waals surface area contributed by atoms with Crippen molar-refractivity contribution in [2.24, 2.45) is 0 Å². The number of hydrogen-bond acceptors (Lipinski definition) is 2. The van der Waals surface area contributed by atoms with Gasteiger partial charge in [-0.2, -0.15) is 0 Å². The van der Waals surface area contributed by atoms with E-state index in [4.69, 9.17) is 5.11 Å². The Morgan fingerprint density at radius 1 is 1.33 bits per heavy atom. The zero-order valence-electron chi connectivity index (χ0n) is 8.65. The van der Waals surface area contributed by atoms with E-state index < -0.39 is 0 Å². The Bertz CT molecular complexity index is 356. The molecule has 80 valence electrons. The normalized spacial score (nSPS) is 15.7. The lowest BCUT2D eigenvalue weighted by Crippen LogP contribution is -2.27. The smallest absolute Gasteiger partial charge is 0.253 e. The first-order valence-electron chi connectivity index (χ1n) is 5.30. The molecule has 1 heterocycles. The van der Waals surface area contributed by atoms with E-state index in [1.54, 1.807) is 12.1 Å². The Morgan fingerprint density at radius 3 is 2.73 bits per heavy atom. The van der Waals surface area contributed by atoms with Crippen molar-refractivity contribution in [3.8, 4) is 0 Å². The molecule has 0 radical (unpaired) electrons. The van der Waals surface area contributed by atoms with Crippen LogP contribution in [-0.4, -0.2) is 29.0 Å². The zero-order chi connectivity index (χ0) is 10.7. The van der Waals surface area contributed by atoms with E-state index in [1.807, 2.05) is 17.0 Å². The van der Waals surface area contributed by atoms with Crippen LogP contribution in [0.25, 0.3) is 0 Å². The maximum atomic E-state index is 12.0. The van der Waals surface area contributed by atoms with Gasteiger partial charge in [0.25, 0.3) is 5.91 Å². The van der Waals surface area contributed by atoms with Crippen LogP contribution in [0.5, 0.6) is 0 Å². The van der Waals surface area contributed by atoms with E-state index in [0.717, 1.165) is 31.5 Å². The molecule has 1 aromatic rings. The van der Waals surface area contributed by atoms with Crippen LogP contribution in [0.1, 0.15) is 28.8 Å². The Labute approximate surface area is 89.3 Å². The van der Waals surface area contributed by atoms with Gasteiger partial charge < -0.3 is 10.0 Å². The fraction of sp³-hybridized carbons (Fsp3) is 0.417. The average molecular weight is 205 g/mol. The summed E-state index contributed by atoms with van der Waals surface area (Å²) in [4.78, 5) is 13.8. The van der Waals surface area contributed by atoms with E-state index in [-0.39, 0.29) is 12.5 Å². The summed E-state index contributed by atoms with van der Waals surface area (Å²) in [5, 5.41) is 8.98. The molecule has 3 heteroatoms. The minimum atomic E-state index is -0.0128. The summed E-state index contributed by atoms with van der Waals surface area (Å²) >= 11 is 0. The van der Waals surface area contributed by atoms with Crippen molar-refractivity contribution in [2.75, 3.05) is 13.1 Å². The number of nitrogens with zero attached hydrogens (tertiary/aromatic N) is 1. The molecule has 1 fully saturated rings. The number of benzene rings is 1. The van der Waals surface area contributed by atoms with Gasteiger partial charge in [-0.15, -0.1) is 0 Å². The van der Waals surface area contributed by atoms with Crippen LogP contribution < -0.4 is 0 Å². The van der Waals surface area contributed by atoms with Crippen LogP contribution in [0.4, 0.5) is 0 Å². The zero-order valence-corrected chi connectivity index (χ0v) is 8.65. The highest BCUT2D eigenvalue weighted by atomic mass is 16.3. The van der Waals surface area contributed by atoms with Gasteiger partial charge in [0.05, 0.1) is 6.61 Å². The van der Waals surface area contributed by atoms with Crippen molar-refractivity contribution in [1.82, 2.24) is 4.90 Å². The third-order valence-corrected chi connectivity index (χ3v) is 2.75. The molecule has 1 N–H and O–H groups in total. The van der Waals surface area contributed by atoms with Gasteiger partial charge in [0, 0.05) is 18.7 Å². The van der Waals surface area contributed by atoms with Gasteiger partial charge in [-0.1, -0.05) is 12.1 Å². The van der Waals surface area contributed by atoms with Crippen LogP contribution >= 0.6 is 0 Å². The van der Waals surface area contributed by atoms with E-state index >= 15 is 0 Å². The van der Waals surface area contributed by atoms with E-state index in [9.17, 15) is 4.79 Å². The second kappa shape index (κ2) is 4.45. The number of amides is 1. The van der Waals surface area contributed by atoms with Gasteiger partial charge in [0.15, 0.2) is 0 Å². The highest BCUT2D eigenvalue weighted by molar-refractivity contribution is 5.94. The number of hydrogen-bond donors (Lipinski definition) is 1. The third kappa shape index (κ3) is 2.18. The number of aliphatic hydroxyl groups excluding tert-OH is 1. The van der Waals surface area contributed by atoms with Crippen LogP contribution in [0, 0.1) is 0 Å². The lowest BCUT2D eigenvalue weighted by atomic mass is 10.1. The van der Waals surface area contributed by atoms with Crippen LogP contribution in [0.15, 0.2) is 24.3 Å². The first-order chi connectivity index (χ1) is 7.31. The second-order valence-electron chi connectivity index (χ2n) is 3.86. The molecule has 0 aromatic heterocycles. The van der Waals surface area contributed by atoms with Crippen molar-refractivity contribution in [3.63, 3.8) is 0 Å². The quantitative estimate of drug-likeness (QED) is 0.793. The first-order valence-corrected chi connectivity index (χ1v) is 5.30. The standard InChI is InChI=1S/C12H15NO2/c14-9-10-4-3-5-11(8-10)12(15)13-6-1-2-7-13/h3-5,8,14H,1-2,6-7,9H2. The maximum Gasteiger partial charge on any atom is 0.253 e. The fourth-order valence-corrected chi connectivity index (χ4v) is 1.91. The Kier molecular flexibility index (Phi) is 3.02. The second-order valence-corrected chi connectivity index (χ2v) is 3.86. The minimum Gasteiger partial charge on any atom is -0.392 e. The molecule has 15 heavy (non-hydrogen) atoms. The van der Waals surface area contributed by atoms with Gasteiger partial charge in [-0.3, -0.25) is 4.79 Å². The molecule has 1 saturated heterocycles. The molecule has 1 amide bonds. The Balaban J connectivity index is 2.17. The SMILES string of the molecule is O=C(c1cccc(CO)c1)N1CCCC1. The van der Waals surface area contributed by atoms with Crippen molar-refractivity contribution in [2.45, 2.75) is 19.4 Å². The fourth-order valence-electron chi connectivity index (χ4n) is 1.91. The van der Waals surface area contributed by atoms with E-state index in [2.05, 4.69) is 0 Å². The first kappa shape index (κ1) is 10.2. The predicted molar refractivity (Wildman–Crippen MR) is 57.5 cm³/mol. The maximum absolute atomic E-state index is 12.0. The molecule has 3 nitrogen and oxygen atoms in total. The van der Waals surface area contributed by atoms with Crippen LogP contribution in [-0.2, 0) is 6.61 Å². The molecule has 0 bridgehead atoms. The molecule has 0 atom stereocenters. The van der Waals surface area contributed by atoms with Gasteiger partial charge in [0.2, 0.25) is 0 Å². The van der Waals surface area contributed by atoms with Gasteiger partial charge in [0.1, 0.15) is 0 Å². The van der Waals surface area contributed by atoms with E-state index in [1.165, 1.54) is 0 Å². The minimum absolute atomic E-state index is 0.0128. The summed E-state index contributed by atoms with van der Waals surface area (Å²) in [6, 6.07) is 7.20.